The van der Waals surface area contributed by atoms with Crippen LogP contribution in [0.4, 0.5) is 0 Å². The molecule has 0 aromatic rings. The predicted molar refractivity (Wildman–Crippen MR) is 58.6 cm³/mol. The van der Waals surface area contributed by atoms with Gasteiger partial charge in [0.05, 0.1) is 0 Å². The maximum atomic E-state index is 10.5. The van der Waals surface area contributed by atoms with Crippen molar-refractivity contribution in [3.05, 3.63) is 23.8 Å². The van der Waals surface area contributed by atoms with Gasteiger partial charge in [0.15, 0.2) is 5.79 Å². The quantitative estimate of drug-likeness (QED) is 0.591. The molecule has 4 N–H and O–H groups in total. The van der Waals surface area contributed by atoms with E-state index in [1.165, 1.54) is 7.11 Å². The number of aliphatic hydroxyl groups is 1. The molecule has 0 aromatic heterocycles. The summed E-state index contributed by atoms with van der Waals surface area (Å²) in [6, 6.07) is -0.836. The molecule has 0 bridgehead atoms. The second kappa shape index (κ2) is 5.25. The molecule has 1 aliphatic carbocycles. The molecule has 0 aromatic carbocycles. The highest BCUT2D eigenvalue weighted by Crippen LogP contribution is 2.23. The van der Waals surface area contributed by atoms with Gasteiger partial charge in [0.1, 0.15) is 6.04 Å². The summed E-state index contributed by atoms with van der Waals surface area (Å²) in [6.07, 6.45) is 6.48. The Labute approximate surface area is 94.2 Å². The van der Waals surface area contributed by atoms with Gasteiger partial charge in [-0.3, -0.25) is 4.79 Å². The molecule has 1 aliphatic rings. The van der Waals surface area contributed by atoms with Crippen LogP contribution in [0.3, 0.4) is 0 Å². The van der Waals surface area contributed by atoms with Crippen LogP contribution in [-0.2, 0) is 9.53 Å². The van der Waals surface area contributed by atoms with Gasteiger partial charge in [-0.2, -0.15) is 0 Å². The Kier molecular flexibility index (Phi) is 4.23. The maximum absolute atomic E-state index is 10.5. The molecule has 0 spiro atoms. The molecule has 5 heteroatoms. The number of aliphatic carboxylic acids is 1. The van der Waals surface area contributed by atoms with Crippen LogP contribution in [0.25, 0.3) is 0 Å². The van der Waals surface area contributed by atoms with Crippen LogP contribution in [0.15, 0.2) is 23.8 Å². The average Bonchev–Trinajstić information content (AvgIpc) is 2.28. The zero-order valence-corrected chi connectivity index (χ0v) is 9.22. The minimum absolute atomic E-state index is 0.373. The second-order valence-electron chi connectivity index (χ2n) is 3.85. The summed E-state index contributed by atoms with van der Waals surface area (Å²) in [5.74, 6) is -2.22. The van der Waals surface area contributed by atoms with Gasteiger partial charge >= 0.3 is 5.97 Å². The van der Waals surface area contributed by atoms with Crippen molar-refractivity contribution in [1.82, 2.24) is 0 Å². The van der Waals surface area contributed by atoms with Crippen LogP contribution in [0.1, 0.15) is 19.3 Å². The summed E-state index contributed by atoms with van der Waals surface area (Å²) in [5.41, 5.74) is 6.36. The number of hydrogen-bond donors (Lipinski definition) is 3. The van der Waals surface area contributed by atoms with Gasteiger partial charge in [-0.05, 0) is 18.9 Å². The molecule has 0 amide bonds. The molecule has 0 aliphatic heterocycles. The highest BCUT2D eigenvalue weighted by molar-refractivity contribution is 5.73. The molecular weight excluding hydrogens is 210 g/mol. The lowest BCUT2D eigenvalue weighted by molar-refractivity contribution is -0.143. The lowest BCUT2D eigenvalue weighted by Gasteiger charge is -2.24. The highest BCUT2D eigenvalue weighted by Gasteiger charge is 2.24. The van der Waals surface area contributed by atoms with Gasteiger partial charge in [0.25, 0.3) is 0 Å². The lowest BCUT2D eigenvalue weighted by Crippen LogP contribution is -2.31. The van der Waals surface area contributed by atoms with Gasteiger partial charge in [-0.1, -0.05) is 17.7 Å². The molecule has 2 atom stereocenters. The first kappa shape index (κ1) is 12.9. The largest absolute Gasteiger partial charge is 0.480 e. The number of hydrogen-bond acceptors (Lipinski definition) is 4. The topological polar surface area (TPSA) is 92.8 Å². The minimum atomic E-state index is -1.22. The number of carboxylic acids is 1. The van der Waals surface area contributed by atoms with Crippen LogP contribution in [-0.4, -0.2) is 35.1 Å². The van der Waals surface area contributed by atoms with E-state index < -0.39 is 17.8 Å². The Balaban J connectivity index is 2.43. The fourth-order valence-electron chi connectivity index (χ4n) is 1.43. The third-order valence-electron chi connectivity index (χ3n) is 2.63. The fourth-order valence-corrected chi connectivity index (χ4v) is 1.43. The van der Waals surface area contributed by atoms with Crippen molar-refractivity contribution in [3.63, 3.8) is 0 Å². The van der Waals surface area contributed by atoms with Crippen LogP contribution in [0.2, 0.25) is 0 Å². The van der Waals surface area contributed by atoms with Gasteiger partial charge in [-0.25, -0.2) is 0 Å². The van der Waals surface area contributed by atoms with E-state index in [0.29, 0.717) is 19.3 Å². The van der Waals surface area contributed by atoms with Crippen molar-refractivity contribution >= 4 is 5.97 Å². The van der Waals surface area contributed by atoms with Crippen LogP contribution in [0, 0.1) is 0 Å². The second-order valence-corrected chi connectivity index (χ2v) is 3.85. The predicted octanol–water partition coefficient (Wildman–Crippen LogP) is 0.400. The Hall–Kier alpha value is -1.17. The molecule has 90 valence electrons. The van der Waals surface area contributed by atoms with Gasteiger partial charge in [-0.15, -0.1) is 0 Å². The summed E-state index contributed by atoms with van der Waals surface area (Å²) in [4.78, 5) is 10.5. The molecule has 5 nitrogen and oxygen atoms in total. The number of allylic oxidation sites excluding steroid dienone is 2. The van der Waals surface area contributed by atoms with Crippen LogP contribution in [0.5, 0.6) is 0 Å². The number of carboxylic acid groups (broad SMARTS) is 1. The molecule has 0 radical (unpaired) electrons. The summed E-state index contributed by atoms with van der Waals surface area (Å²) < 4.78 is 4.90. The number of ether oxygens (including phenoxy) is 1. The number of rotatable bonds is 5. The lowest BCUT2D eigenvalue weighted by atomic mass is 9.97. The number of carbonyl (C=O) groups is 1. The summed E-state index contributed by atoms with van der Waals surface area (Å²) in [7, 11) is 1.43. The van der Waals surface area contributed by atoms with Gasteiger partial charge in [0, 0.05) is 13.5 Å². The Morgan fingerprint density at radius 2 is 2.44 bits per heavy atom. The Bertz CT molecular complexity index is 324. The van der Waals surface area contributed by atoms with E-state index in [9.17, 15) is 9.90 Å². The number of nitrogens with two attached hydrogens (primary N) is 1. The zero-order chi connectivity index (χ0) is 12.2. The molecule has 0 heterocycles. The first-order chi connectivity index (χ1) is 7.47. The van der Waals surface area contributed by atoms with E-state index in [-0.39, 0.29) is 0 Å². The van der Waals surface area contributed by atoms with Crippen molar-refractivity contribution in [1.29, 1.82) is 0 Å². The molecule has 0 fully saturated rings. The van der Waals surface area contributed by atoms with Crippen molar-refractivity contribution in [2.75, 3.05) is 7.11 Å². The van der Waals surface area contributed by atoms with E-state index in [1.54, 1.807) is 12.2 Å². The molecule has 0 saturated heterocycles. The van der Waals surface area contributed by atoms with E-state index >= 15 is 0 Å². The zero-order valence-electron chi connectivity index (χ0n) is 9.22. The molecule has 16 heavy (non-hydrogen) atoms. The van der Waals surface area contributed by atoms with E-state index in [1.807, 2.05) is 6.08 Å². The highest BCUT2D eigenvalue weighted by atomic mass is 16.6. The van der Waals surface area contributed by atoms with Crippen molar-refractivity contribution in [2.24, 2.45) is 5.73 Å². The monoisotopic (exact) mass is 227 g/mol. The Morgan fingerprint density at radius 1 is 1.75 bits per heavy atom. The summed E-state index contributed by atoms with van der Waals surface area (Å²) in [6.45, 7) is 0. The fraction of sp³-hybridized carbons (Fsp3) is 0.545. The van der Waals surface area contributed by atoms with Crippen molar-refractivity contribution < 1.29 is 19.7 Å². The van der Waals surface area contributed by atoms with E-state index in [0.717, 1.165) is 5.57 Å². The molecular formula is C11H17NO4. The number of methoxy groups -OCH3 is 1. The van der Waals surface area contributed by atoms with Gasteiger partial charge in [0.2, 0.25) is 0 Å². The van der Waals surface area contributed by atoms with Gasteiger partial charge < -0.3 is 20.7 Å². The van der Waals surface area contributed by atoms with Crippen molar-refractivity contribution in [3.8, 4) is 0 Å². The SMILES string of the molecule is COC1(O)C=CC(CCC(N)C(=O)O)=CC1. The summed E-state index contributed by atoms with van der Waals surface area (Å²) in [5, 5.41) is 18.3. The van der Waals surface area contributed by atoms with Crippen LogP contribution >= 0.6 is 0 Å². The normalized spacial score (nSPS) is 26.3. The third kappa shape index (κ3) is 3.44. The van der Waals surface area contributed by atoms with E-state index in [4.69, 9.17) is 15.6 Å². The Morgan fingerprint density at radius 3 is 2.88 bits per heavy atom. The average molecular weight is 227 g/mol. The standard InChI is InChI=1S/C11H17NO4/c1-16-11(15)6-4-8(5-7-11)2-3-9(12)10(13)14/h4-6,9,15H,2-3,7,12H2,1H3,(H,13,14). The minimum Gasteiger partial charge on any atom is -0.480 e. The first-order valence-corrected chi connectivity index (χ1v) is 5.11. The first-order valence-electron chi connectivity index (χ1n) is 5.11. The summed E-state index contributed by atoms with van der Waals surface area (Å²) >= 11 is 0. The van der Waals surface area contributed by atoms with Crippen molar-refractivity contribution in [2.45, 2.75) is 31.1 Å². The van der Waals surface area contributed by atoms with Crippen LogP contribution < -0.4 is 5.73 Å². The smallest absolute Gasteiger partial charge is 0.320 e. The molecule has 0 saturated carbocycles. The third-order valence-corrected chi connectivity index (χ3v) is 2.63. The maximum Gasteiger partial charge on any atom is 0.320 e. The molecule has 2 unspecified atom stereocenters. The van der Waals surface area contributed by atoms with E-state index in [2.05, 4.69) is 0 Å². The molecule has 1 rings (SSSR count).